The molecule has 1 aromatic rings. The van der Waals surface area contributed by atoms with Crippen molar-refractivity contribution in [3.63, 3.8) is 0 Å². The number of rotatable bonds is 4. The Labute approximate surface area is 130 Å². The average molecular weight is 309 g/mol. The Kier molecular flexibility index (Phi) is 4.20. The number of likely N-dealkylation sites (tertiary alicyclic amines) is 1. The Morgan fingerprint density at radius 3 is 2.57 bits per heavy atom. The molecular weight excluding hydrogens is 288 g/mol. The quantitative estimate of drug-likeness (QED) is 0.870. The Morgan fingerprint density at radius 1 is 1.38 bits per heavy atom. The zero-order valence-corrected chi connectivity index (χ0v) is 13.0. The third-order valence-electron chi connectivity index (χ3n) is 4.27. The molecule has 2 aliphatic heterocycles. The van der Waals surface area contributed by atoms with Crippen LogP contribution < -0.4 is 5.32 Å². The van der Waals surface area contributed by atoms with Crippen molar-refractivity contribution in [2.45, 2.75) is 25.4 Å². The summed E-state index contributed by atoms with van der Waals surface area (Å²) in [7, 11) is 0. The van der Waals surface area contributed by atoms with Gasteiger partial charge in [0.15, 0.2) is 0 Å². The van der Waals surface area contributed by atoms with Crippen molar-refractivity contribution >= 4 is 23.2 Å². The average Bonchev–Trinajstić information content (AvgIpc) is 3.19. The lowest BCUT2D eigenvalue weighted by molar-refractivity contribution is -0.121. The first kappa shape index (κ1) is 14.8. The van der Waals surface area contributed by atoms with Gasteiger partial charge in [-0.2, -0.15) is 0 Å². The highest BCUT2D eigenvalue weighted by molar-refractivity contribution is 6.30. The molecule has 114 valence electrons. The monoisotopic (exact) mass is 308 g/mol. The van der Waals surface area contributed by atoms with E-state index in [9.17, 15) is 4.79 Å². The highest BCUT2D eigenvalue weighted by Gasteiger charge is 2.41. The first-order chi connectivity index (χ1) is 10.0. The predicted octanol–water partition coefficient (Wildman–Crippen LogP) is 2.78. The molecule has 2 saturated heterocycles. The molecule has 1 unspecified atom stereocenters. The second-order valence-corrected chi connectivity index (χ2v) is 6.72. The number of amides is 1. The number of halogens is 1. The van der Waals surface area contributed by atoms with Crippen molar-refractivity contribution in [1.82, 2.24) is 4.90 Å². The molecule has 21 heavy (non-hydrogen) atoms. The van der Waals surface area contributed by atoms with E-state index >= 15 is 0 Å². The van der Waals surface area contributed by atoms with Gasteiger partial charge in [0.1, 0.15) is 5.60 Å². The number of nitrogens with zero attached hydrogens (tertiary/aromatic N) is 1. The molecule has 0 spiro atoms. The van der Waals surface area contributed by atoms with Gasteiger partial charge in [-0.05, 0) is 57.1 Å². The summed E-state index contributed by atoms with van der Waals surface area (Å²) in [4.78, 5) is 14.7. The van der Waals surface area contributed by atoms with Crippen LogP contribution in [0.15, 0.2) is 24.3 Å². The van der Waals surface area contributed by atoms with Crippen LogP contribution in [0.5, 0.6) is 0 Å². The number of epoxide rings is 1. The largest absolute Gasteiger partial charge is 0.369 e. The van der Waals surface area contributed by atoms with Crippen LogP contribution in [-0.2, 0) is 9.53 Å². The van der Waals surface area contributed by atoms with Crippen LogP contribution in [0.1, 0.15) is 19.8 Å². The van der Waals surface area contributed by atoms with E-state index in [1.807, 2.05) is 12.1 Å². The first-order valence-corrected chi connectivity index (χ1v) is 7.85. The molecule has 2 fully saturated rings. The van der Waals surface area contributed by atoms with Crippen molar-refractivity contribution in [3.05, 3.63) is 29.3 Å². The van der Waals surface area contributed by atoms with Crippen LogP contribution in [0.2, 0.25) is 5.02 Å². The summed E-state index contributed by atoms with van der Waals surface area (Å²) in [6.07, 6.45) is 1.82. The summed E-state index contributed by atoms with van der Waals surface area (Å²) >= 11 is 5.84. The molecule has 0 radical (unpaired) electrons. The predicted molar refractivity (Wildman–Crippen MR) is 83.6 cm³/mol. The number of carbonyl (C=O) groups is 1. The van der Waals surface area contributed by atoms with Gasteiger partial charge in [0.2, 0.25) is 5.91 Å². The van der Waals surface area contributed by atoms with Gasteiger partial charge in [-0.1, -0.05) is 11.6 Å². The molecule has 0 bridgehead atoms. The smallest absolute Gasteiger partial charge is 0.227 e. The maximum absolute atomic E-state index is 12.3. The number of piperidine rings is 1. The normalized spacial score (nSPS) is 26.6. The molecule has 1 aromatic carbocycles. The molecule has 2 heterocycles. The molecular formula is C16H21ClN2O2. The van der Waals surface area contributed by atoms with Crippen LogP contribution in [0, 0.1) is 5.92 Å². The summed E-state index contributed by atoms with van der Waals surface area (Å²) < 4.78 is 5.43. The molecule has 0 aliphatic carbocycles. The van der Waals surface area contributed by atoms with Crippen LogP contribution in [0.3, 0.4) is 0 Å². The molecule has 1 amide bonds. The summed E-state index contributed by atoms with van der Waals surface area (Å²) in [5, 5.41) is 3.65. The Hall–Kier alpha value is -1.10. The number of ether oxygens (including phenoxy) is 1. The van der Waals surface area contributed by atoms with Crippen molar-refractivity contribution in [2.75, 3.05) is 31.6 Å². The lowest BCUT2D eigenvalue weighted by Crippen LogP contribution is -2.42. The number of anilines is 1. The van der Waals surface area contributed by atoms with E-state index in [4.69, 9.17) is 16.3 Å². The Balaban J connectivity index is 1.47. The SMILES string of the molecule is CC1(CN2CCC(C(=O)Nc3ccc(Cl)cc3)CC2)CO1. The van der Waals surface area contributed by atoms with E-state index in [0.717, 1.165) is 44.8 Å². The molecule has 2 aliphatic rings. The van der Waals surface area contributed by atoms with E-state index in [0.29, 0.717) is 5.02 Å². The highest BCUT2D eigenvalue weighted by Crippen LogP contribution is 2.29. The first-order valence-electron chi connectivity index (χ1n) is 7.47. The van der Waals surface area contributed by atoms with E-state index in [-0.39, 0.29) is 17.4 Å². The summed E-state index contributed by atoms with van der Waals surface area (Å²) in [5.41, 5.74) is 0.879. The van der Waals surface area contributed by atoms with Crippen LogP contribution in [0.25, 0.3) is 0 Å². The number of hydrogen-bond donors (Lipinski definition) is 1. The van der Waals surface area contributed by atoms with Gasteiger partial charge >= 0.3 is 0 Å². The van der Waals surface area contributed by atoms with Gasteiger partial charge in [0.05, 0.1) is 6.61 Å². The minimum absolute atomic E-state index is 0.0679. The van der Waals surface area contributed by atoms with Crippen molar-refractivity contribution in [3.8, 4) is 0 Å². The third kappa shape index (κ3) is 3.96. The van der Waals surface area contributed by atoms with E-state index in [1.54, 1.807) is 12.1 Å². The zero-order chi connectivity index (χ0) is 14.9. The number of hydrogen-bond acceptors (Lipinski definition) is 3. The summed E-state index contributed by atoms with van der Waals surface area (Å²) in [6, 6.07) is 7.24. The maximum Gasteiger partial charge on any atom is 0.227 e. The minimum Gasteiger partial charge on any atom is -0.369 e. The molecule has 0 saturated carbocycles. The summed E-state index contributed by atoms with van der Waals surface area (Å²) in [6.45, 7) is 5.93. The van der Waals surface area contributed by atoms with E-state index < -0.39 is 0 Å². The van der Waals surface area contributed by atoms with Crippen molar-refractivity contribution in [1.29, 1.82) is 0 Å². The van der Waals surface area contributed by atoms with Crippen LogP contribution in [0.4, 0.5) is 5.69 Å². The van der Waals surface area contributed by atoms with Gasteiger partial charge < -0.3 is 15.0 Å². The number of carbonyl (C=O) groups excluding carboxylic acids is 1. The van der Waals surface area contributed by atoms with E-state index in [1.165, 1.54) is 0 Å². The molecule has 3 rings (SSSR count). The molecule has 4 nitrogen and oxygen atoms in total. The van der Waals surface area contributed by atoms with Gasteiger partial charge in [0.25, 0.3) is 0 Å². The Morgan fingerprint density at radius 2 is 2.00 bits per heavy atom. The Bertz CT molecular complexity index is 506. The minimum atomic E-state index is 0.0679. The van der Waals surface area contributed by atoms with Gasteiger partial charge in [-0.25, -0.2) is 0 Å². The third-order valence-corrected chi connectivity index (χ3v) is 4.52. The maximum atomic E-state index is 12.3. The molecule has 1 atom stereocenters. The van der Waals surface area contributed by atoms with Crippen LogP contribution >= 0.6 is 11.6 Å². The fourth-order valence-electron chi connectivity index (χ4n) is 2.82. The second-order valence-electron chi connectivity index (χ2n) is 6.29. The van der Waals surface area contributed by atoms with Gasteiger partial charge in [-0.15, -0.1) is 0 Å². The molecule has 0 aromatic heterocycles. The van der Waals surface area contributed by atoms with Gasteiger partial charge in [0, 0.05) is 23.2 Å². The van der Waals surface area contributed by atoms with Crippen molar-refractivity contribution in [2.24, 2.45) is 5.92 Å². The van der Waals surface area contributed by atoms with Crippen LogP contribution in [-0.4, -0.2) is 42.6 Å². The van der Waals surface area contributed by atoms with Crippen molar-refractivity contribution < 1.29 is 9.53 Å². The number of nitrogens with one attached hydrogen (secondary N) is 1. The topological polar surface area (TPSA) is 44.9 Å². The molecule has 1 N–H and O–H groups in total. The lowest BCUT2D eigenvalue weighted by Gasteiger charge is -2.32. The van der Waals surface area contributed by atoms with Gasteiger partial charge in [-0.3, -0.25) is 4.79 Å². The fourth-order valence-corrected chi connectivity index (χ4v) is 2.94. The second kappa shape index (κ2) is 5.95. The highest BCUT2D eigenvalue weighted by atomic mass is 35.5. The fraction of sp³-hybridized carbons (Fsp3) is 0.562. The summed E-state index contributed by atoms with van der Waals surface area (Å²) in [5.74, 6) is 0.218. The lowest BCUT2D eigenvalue weighted by atomic mass is 9.95. The number of benzene rings is 1. The molecule has 5 heteroatoms. The standard InChI is InChI=1S/C16H21ClN2O2/c1-16(11-21-16)10-19-8-6-12(7-9-19)15(20)18-14-4-2-13(17)3-5-14/h2-5,12H,6-11H2,1H3,(H,18,20). The van der Waals surface area contributed by atoms with E-state index in [2.05, 4.69) is 17.1 Å². The zero-order valence-electron chi connectivity index (χ0n) is 12.3.